The van der Waals surface area contributed by atoms with Crippen LogP contribution in [-0.2, 0) is 0 Å². The molecular weight excluding hydrogens is 669 g/mol. The Balaban J connectivity index is 0.954. The van der Waals surface area contributed by atoms with Gasteiger partial charge in [0.15, 0.2) is 0 Å². The Morgan fingerprint density at radius 3 is 1.67 bits per heavy atom. The van der Waals surface area contributed by atoms with E-state index in [0.717, 1.165) is 118 Å². The zero-order valence-corrected chi connectivity index (χ0v) is 32.2. The Hall–Kier alpha value is -4.72. The van der Waals surface area contributed by atoms with Crippen LogP contribution in [0.4, 0.5) is 0 Å². The summed E-state index contributed by atoms with van der Waals surface area (Å²) in [4.78, 5) is 23.4. The molecule has 2 aliphatic rings. The Kier molecular flexibility index (Phi) is 11.0. The number of nitrogens with zero attached hydrogens (tertiary/aromatic N) is 4. The first-order chi connectivity index (χ1) is 26.4. The van der Waals surface area contributed by atoms with Crippen LogP contribution in [0.1, 0.15) is 64.1 Å². The number of hydrogen-bond donors (Lipinski definition) is 0. The minimum absolute atomic E-state index is 0.0301. The molecule has 2 fully saturated rings. The first-order valence-electron chi connectivity index (χ1n) is 20.2. The lowest BCUT2D eigenvalue weighted by Crippen LogP contribution is -2.34. The monoisotopic (exact) mass is 722 g/mol. The minimum atomic E-state index is -0.0301. The molecule has 6 aromatic rings. The molecule has 54 heavy (non-hydrogen) atoms. The maximum absolute atomic E-state index is 13.1. The van der Waals surface area contributed by atoms with E-state index in [2.05, 4.69) is 109 Å². The van der Waals surface area contributed by atoms with Crippen LogP contribution in [0.25, 0.3) is 55.1 Å². The molecule has 0 bridgehead atoms. The van der Waals surface area contributed by atoms with Crippen molar-refractivity contribution >= 4 is 38.7 Å². The highest BCUT2D eigenvalue weighted by atomic mass is 16.5. The van der Waals surface area contributed by atoms with Gasteiger partial charge in [0.2, 0.25) is 5.91 Å². The fourth-order valence-corrected chi connectivity index (χ4v) is 8.30. The number of carbonyl (C=O) groups excluding carboxylic acids is 1. The third-order valence-corrected chi connectivity index (χ3v) is 11.7. The lowest BCUT2D eigenvalue weighted by Gasteiger charge is -2.30. The van der Waals surface area contributed by atoms with Gasteiger partial charge in [-0.15, -0.1) is 0 Å². The maximum Gasteiger partial charge on any atom is 0.228 e. The average Bonchev–Trinajstić information content (AvgIpc) is 3.51. The van der Waals surface area contributed by atoms with Crippen LogP contribution >= 0.6 is 0 Å². The van der Waals surface area contributed by atoms with E-state index in [-0.39, 0.29) is 5.91 Å². The molecule has 2 aromatic heterocycles. The summed E-state index contributed by atoms with van der Waals surface area (Å²) in [5, 5.41) is 1.97. The molecule has 2 aliphatic heterocycles. The number of hydrogen-bond acceptors (Lipinski definition) is 6. The molecule has 0 aliphatic carbocycles. The van der Waals surface area contributed by atoms with E-state index in [1.54, 1.807) is 11.5 Å². The minimum Gasteiger partial charge on any atom is -0.494 e. The topological polar surface area (TPSA) is 59.8 Å². The van der Waals surface area contributed by atoms with E-state index < -0.39 is 0 Å². The van der Waals surface area contributed by atoms with Gasteiger partial charge < -0.3 is 19.3 Å². The molecule has 280 valence electrons. The largest absolute Gasteiger partial charge is 0.494 e. The Bertz CT molecular complexity index is 2210. The summed E-state index contributed by atoms with van der Waals surface area (Å²) in [6.07, 6.45) is 7.32. The number of benzene rings is 4. The molecule has 0 spiro atoms. The second-order valence-electron chi connectivity index (χ2n) is 15.9. The average molecular weight is 723 g/mol. The third kappa shape index (κ3) is 8.18. The fourth-order valence-electron chi connectivity index (χ4n) is 8.30. The van der Waals surface area contributed by atoms with Gasteiger partial charge in [-0.2, -0.15) is 0 Å². The van der Waals surface area contributed by atoms with Crippen molar-refractivity contribution in [3.05, 3.63) is 91.0 Å². The molecule has 7 heteroatoms. The van der Waals surface area contributed by atoms with E-state index in [9.17, 15) is 4.79 Å². The number of rotatable bonds is 12. The van der Waals surface area contributed by atoms with Crippen LogP contribution in [0.2, 0.25) is 0 Å². The van der Waals surface area contributed by atoms with Crippen molar-refractivity contribution < 1.29 is 14.3 Å². The highest BCUT2D eigenvalue weighted by Gasteiger charge is 2.18. The number of aromatic nitrogens is 2. The van der Waals surface area contributed by atoms with Crippen LogP contribution in [0.15, 0.2) is 91.0 Å². The molecule has 0 N–H and O–H groups in total. The molecule has 0 saturated carbocycles. The summed E-state index contributed by atoms with van der Waals surface area (Å²) in [5.74, 6) is 3.49. The highest BCUT2D eigenvalue weighted by molar-refractivity contribution is 6.14. The van der Waals surface area contributed by atoms with Crippen molar-refractivity contribution in [2.75, 3.05) is 52.5 Å². The van der Waals surface area contributed by atoms with Gasteiger partial charge in [-0.05, 0) is 153 Å². The molecule has 0 amide bonds. The smallest absolute Gasteiger partial charge is 0.228 e. The van der Waals surface area contributed by atoms with Crippen LogP contribution in [-0.4, -0.2) is 77.7 Å². The summed E-state index contributed by atoms with van der Waals surface area (Å²) in [6, 6.07) is 31.5. The zero-order chi connectivity index (χ0) is 37.0. The lowest BCUT2D eigenvalue weighted by atomic mass is 9.99. The van der Waals surface area contributed by atoms with E-state index in [4.69, 9.17) is 14.5 Å². The summed E-state index contributed by atoms with van der Waals surface area (Å²) in [5.41, 5.74) is 7.83. The fraction of sp³-hybridized carbons (Fsp3) is 0.404. The zero-order valence-electron chi connectivity index (χ0n) is 32.2. The Morgan fingerprint density at radius 1 is 0.630 bits per heavy atom. The number of carbonyl (C=O) groups is 1. The van der Waals surface area contributed by atoms with Crippen molar-refractivity contribution in [3.8, 4) is 33.8 Å². The van der Waals surface area contributed by atoms with E-state index in [1.165, 1.54) is 51.9 Å². The summed E-state index contributed by atoms with van der Waals surface area (Å²) >= 11 is 0. The first-order valence-corrected chi connectivity index (χ1v) is 20.2. The maximum atomic E-state index is 13.1. The second kappa shape index (κ2) is 16.3. The Labute approximate surface area is 319 Å². The van der Waals surface area contributed by atoms with Crippen molar-refractivity contribution in [3.63, 3.8) is 0 Å². The van der Waals surface area contributed by atoms with Gasteiger partial charge in [-0.25, -0.2) is 4.98 Å². The quantitative estimate of drug-likeness (QED) is 0.117. The SMILES string of the molecule is CC(=O)n1c2ccc(-c3ccc(OCCCN4CCC(C)CC4)cc3)cc2c2nc3ccc(-c4ccc(OCCCN5CCC(C)CC5)cc4)cc3cc21. The van der Waals surface area contributed by atoms with E-state index in [1.807, 2.05) is 6.07 Å². The molecule has 0 unspecified atom stereocenters. The Morgan fingerprint density at radius 2 is 1.13 bits per heavy atom. The van der Waals surface area contributed by atoms with Gasteiger partial charge in [0.05, 0.1) is 35.3 Å². The number of ether oxygens (including phenoxy) is 2. The second-order valence-corrected chi connectivity index (χ2v) is 15.9. The molecule has 0 atom stereocenters. The predicted molar refractivity (Wildman–Crippen MR) is 222 cm³/mol. The number of likely N-dealkylation sites (tertiary alicyclic amines) is 2. The standard InChI is InChI=1S/C47H54N4O3/c1-33-18-24-49(25-19-33)22-4-28-53-41-12-6-36(7-13-41)38-10-16-44-40(30-38)32-46-47(48-44)43-31-39(11-17-45(43)51(46)35(3)52)37-8-14-42(15-9-37)54-29-5-23-50-26-20-34(2)21-27-50/h6-17,30-34H,4-5,18-29H2,1-3H3. The van der Waals surface area contributed by atoms with Crippen molar-refractivity contribution in [1.82, 2.24) is 19.4 Å². The van der Waals surface area contributed by atoms with Gasteiger partial charge >= 0.3 is 0 Å². The molecule has 4 aromatic carbocycles. The molecular formula is C47H54N4O3. The van der Waals surface area contributed by atoms with Crippen LogP contribution in [0.3, 0.4) is 0 Å². The lowest BCUT2D eigenvalue weighted by molar-refractivity contribution is 0.0946. The summed E-state index contributed by atoms with van der Waals surface area (Å²) in [7, 11) is 0. The molecule has 2 saturated heterocycles. The molecule has 4 heterocycles. The van der Waals surface area contributed by atoms with E-state index >= 15 is 0 Å². The predicted octanol–water partition coefficient (Wildman–Crippen LogP) is 10.3. The number of pyridine rings is 1. The number of piperidine rings is 2. The van der Waals surface area contributed by atoms with E-state index in [0.29, 0.717) is 0 Å². The first kappa shape index (κ1) is 36.3. The van der Waals surface area contributed by atoms with Crippen LogP contribution in [0.5, 0.6) is 11.5 Å². The summed E-state index contributed by atoms with van der Waals surface area (Å²) in [6.45, 7) is 14.8. The highest BCUT2D eigenvalue weighted by Crippen LogP contribution is 2.35. The third-order valence-electron chi connectivity index (χ3n) is 11.7. The van der Waals surface area contributed by atoms with Crippen LogP contribution < -0.4 is 9.47 Å². The normalized spacial score (nSPS) is 16.4. The van der Waals surface area contributed by atoms with Gasteiger partial charge in [0.1, 0.15) is 11.5 Å². The van der Waals surface area contributed by atoms with Gasteiger partial charge in [-0.1, -0.05) is 50.2 Å². The summed E-state index contributed by atoms with van der Waals surface area (Å²) < 4.78 is 14.0. The van der Waals surface area contributed by atoms with Crippen LogP contribution in [0, 0.1) is 11.8 Å². The van der Waals surface area contributed by atoms with Crippen molar-refractivity contribution in [2.45, 2.75) is 59.3 Å². The van der Waals surface area contributed by atoms with Gasteiger partial charge in [0, 0.05) is 30.8 Å². The molecule has 0 radical (unpaired) electrons. The molecule has 7 nitrogen and oxygen atoms in total. The van der Waals surface area contributed by atoms with Crippen molar-refractivity contribution in [1.29, 1.82) is 0 Å². The van der Waals surface area contributed by atoms with Crippen molar-refractivity contribution in [2.24, 2.45) is 11.8 Å². The number of fused-ring (bicyclic) bond motifs is 4. The molecule has 8 rings (SSSR count). The van der Waals surface area contributed by atoms with Gasteiger partial charge in [-0.3, -0.25) is 9.36 Å². The van der Waals surface area contributed by atoms with Gasteiger partial charge in [0.25, 0.3) is 0 Å².